The lowest BCUT2D eigenvalue weighted by molar-refractivity contribution is 0.500. The fourth-order valence-corrected chi connectivity index (χ4v) is 3.74. The molecule has 1 saturated carbocycles. The number of H-pyrrole nitrogens is 1. The maximum atomic E-state index is 13.0. The third-order valence-electron chi connectivity index (χ3n) is 4.57. The highest BCUT2D eigenvalue weighted by molar-refractivity contribution is 7.90. The zero-order valence-corrected chi connectivity index (χ0v) is 15.0. The van der Waals surface area contributed by atoms with Crippen molar-refractivity contribution in [1.29, 1.82) is 0 Å². The summed E-state index contributed by atoms with van der Waals surface area (Å²) in [5, 5.41) is 10.4. The van der Waals surface area contributed by atoms with Crippen molar-refractivity contribution in [2.75, 3.05) is 6.26 Å². The Hall–Kier alpha value is -2.75. The van der Waals surface area contributed by atoms with E-state index in [-0.39, 0.29) is 22.6 Å². The molecule has 136 valence electrons. The fourth-order valence-electron chi connectivity index (χ4n) is 3.28. The first-order valence-corrected chi connectivity index (χ1v) is 10.2. The minimum Gasteiger partial charge on any atom is -0.310 e. The van der Waals surface area contributed by atoms with Crippen LogP contribution < -0.4 is 5.56 Å². The Morgan fingerprint density at radius 2 is 2.04 bits per heavy atom. The van der Waals surface area contributed by atoms with Gasteiger partial charge in [-0.3, -0.25) is 4.79 Å². The van der Waals surface area contributed by atoms with Crippen LogP contribution in [0.1, 0.15) is 31.7 Å². The molecule has 0 atom stereocenters. The standard InChI is InChI=1S/C16H18N6O3S/c1-26(24,25)16-18-14(19-20-16)11-9-13(22-8-4-7-17-22)15(23)21(10-11)12-5-2-3-6-12/h4,7-10,12H,2-3,5-6H2,1H3,(H,18,19,20). The minimum atomic E-state index is -3.49. The van der Waals surface area contributed by atoms with E-state index in [1.165, 1.54) is 4.68 Å². The molecule has 10 heteroatoms. The highest BCUT2D eigenvalue weighted by atomic mass is 32.2. The van der Waals surface area contributed by atoms with Crippen molar-refractivity contribution in [2.24, 2.45) is 0 Å². The van der Waals surface area contributed by atoms with Crippen LogP contribution in [-0.2, 0) is 9.84 Å². The fraction of sp³-hybridized carbons (Fsp3) is 0.375. The maximum absolute atomic E-state index is 13.0. The second-order valence-corrected chi connectivity index (χ2v) is 8.38. The van der Waals surface area contributed by atoms with Gasteiger partial charge in [0.25, 0.3) is 5.56 Å². The Kier molecular flexibility index (Phi) is 3.98. The molecule has 3 aromatic heterocycles. The van der Waals surface area contributed by atoms with Gasteiger partial charge in [0.15, 0.2) is 5.82 Å². The summed E-state index contributed by atoms with van der Waals surface area (Å²) in [6.45, 7) is 0. The molecule has 0 aliphatic heterocycles. The van der Waals surface area contributed by atoms with Crippen LogP contribution in [0.2, 0.25) is 0 Å². The van der Waals surface area contributed by atoms with Crippen molar-refractivity contribution < 1.29 is 8.42 Å². The van der Waals surface area contributed by atoms with E-state index in [9.17, 15) is 13.2 Å². The van der Waals surface area contributed by atoms with Crippen LogP contribution in [-0.4, -0.2) is 44.2 Å². The number of pyridine rings is 1. The molecule has 1 aliphatic rings. The molecular formula is C16H18N6O3S. The van der Waals surface area contributed by atoms with Crippen molar-refractivity contribution in [3.05, 3.63) is 41.1 Å². The van der Waals surface area contributed by atoms with Gasteiger partial charge in [0.1, 0.15) is 5.69 Å². The Bertz CT molecular complexity index is 1090. The zero-order valence-electron chi connectivity index (χ0n) is 14.2. The maximum Gasteiger partial charge on any atom is 0.276 e. The minimum absolute atomic E-state index is 0.116. The van der Waals surface area contributed by atoms with Crippen LogP contribution >= 0.6 is 0 Å². The molecule has 0 aromatic carbocycles. The van der Waals surface area contributed by atoms with E-state index in [1.807, 2.05) is 0 Å². The number of aromatic nitrogens is 6. The number of hydrogen-bond donors (Lipinski definition) is 1. The summed E-state index contributed by atoms with van der Waals surface area (Å²) in [6.07, 6.45) is 10.1. The molecule has 1 aliphatic carbocycles. The molecule has 0 spiro atoms. The van der Waals surface area contributed by atoms with E-state index in [0.29, 0.717) is 11.3 Å². The quantitative estimate of drug-likeness (QED) is 0.737. The third kappa shape index (κ3) is 2.96. The molecular weight excluding hydrogens is 356 g/mol. The van der Waals surface area contributed by atoms with E-state index in [4.69, 9.17) is 0 Å². The average Bonchev–Trinajstić information content (AvgIpc) is 3.35. The third-order valence-corrected chi connectivity index (χ3v) is 5.45. The van der Waals surface area contributed by atoms with Crippen LogP contribution in [0.3, 0.4) is 0 Å². The van der Waals surface area contributed by atoms with Gasteiger partial charge in [-0.15, -0.1) is 0 Å². The molecule has 1 fully saturated rings. The first-order valence-electron chi connectivity index (χ1n) is 8.32. The summed E-state index contributed by atoms with van der Waals surface area (Å²) < 4.78 is 26.5. The summed E-state index contributed by atoms with van der Waals surface area (Å²) in [7, 11) is -3.49. The van der Waals surface area contributed by atoms with Crippen molar-refractivity contribution in [3.63, 3.8) is 0 Å². The van der Waals surface area contributed by atoms with E-state index < -0.39 is 9.84 Å². The average molecular weight is 374 g/mol. The van der Waals surface area contributed by atoms with Gasteiger partial charge in [-0.1, -0.05) is 12.8 Å². The number of hydrogen-bond acceptors (Lipinski definition) is 6. The SMILES string of the molecule is CS(=O)(=O)c1nc(-c2cc(-n3cccn3)c(=O)n(C3CCCC3)c2)n[nH]1. The van der Waals surface area contributed by atoms with E-state index in [2.05, 4.69) is 20.3 Å². The van der Waals surface area contributed by atoms with Gasteiger partial charge in [0.05, 0.1) is 0 Å². The van der Waals surface area contributed by atoms with Gasteiger partial charge in [-0.2, -0.15) is 15.2 Å². The first-order chi connectivity index (χ1) is 12.4. The summed E-state index contributed by atoms with van der Waals surface area (Å²) >= 11 is 0. The Morgan fingerprint density at radius 3 is 2.65 bits per heavy atom. The number of aromatic amines is 1. The molecule has 0 radical (unpaired) electrons. The van der Waals surface area contributed by atoms with Gasteiger partial charge < -0.3 is 4.57 Å². The van der Waals surface area contributed by atoms with Crippen molar-refractivity contribution in [3.8, 4) is 17.1 Å². The number of nitrogens with one attached hydrogen (secondary N) is 1. The highest BCUT2D eigenvalue weighted by Crippen LogP contribution is 2.30. The second-order valence-electron chi connectivity index (χ2n) is 6.45. The lowest BCUT2D eigenvalue weighted by atomic mass is 10.2. The largest absolute Gasteiger partial charge is 0.310 e. The van der Waals surface area contributed by atoms with Crippen LogP contribution in [0.5, 0.6) is 0 Å². The number of nitrogens with zero attached hydrogens (tertiary/aromatic N) is 5. The topological polar surface area (TPSA) is 116 Å². The monoisotopic (exact) mass is 374 g/mol. The molecule has 1 N–H and O–H groups in total. The number of rotatable bonds is 4. The van der Waals surface area contributed by atoms with Crippen molar-refractivity contribution >= 4 is 9.84 Å². The molecule has 0 bridgehead atoms. The molecule has 0 amide bonds. The van der Waals surface area contributed by atoms with E-state index >= 15 is 0 Å². The summed E-state index contributed by atoms with van der Waals surface area (Å²) in [6, 6.07) is 3.49. The zero-order chi connectivity index (χ0) is 18.3. The van der Waals surface area contributed by atoms with Gasteiger partial charge >= 0.3 is 0 Å². The van der Waals surface area contributed by atoms with Crippen molar-refractivity contribution in [2.45, 2.75) is 36.9 Å². The molecule has 0 saturated heterocycles. The van der Waals surface area contributed by atoms with Crippen LogP contribution in [0.25, 0.3) is 17.1 Å². The Labute approximate surface area is 149 Å². The van der Waals surface area contributed by atoms with Crippen LogP contribution in [0, 0.1) is 0 Å². The Morgan fingerprint density at radius 1 is 1.27 bits per heavy atom. The predicted octanol–water partition coefficient (Wildman–Crippen LogP) is 1.34. The number of sulfone groups is 1. The first kappa shape index (κ1) is 16.7. The van der Waals surface area contributed by atoms with Crippen LogP contribution in [0.15, 0.2) is 40.7 Å². The smallest absolute Gasteiger partial charge is 0.276 e. The van der Waals surface area contributed by atoms with Gasteiger partial charge in [-0.05, 0) is 25.0 Å². The molecule has 9 nitrogen and oxygen atoms in total. The normalized spacial score (nSPS) is 15.6. The van der Waals surface area contributed by atoms with Gasteiger partial charge in [0.2, 0.25) is 15.0 Å². The van der Waals surface area contributed by atoms with E-state index in [0.717, 1.165) is 31.9 Å². The van der Waals surface area contributed by atoms with Gasteiger partial charge in [-0.25, -0.2) is 18.2 Å². The summed E-state index contributed by atoms with van der Waals surface area (Å²) in [5.74, 6) is 0.227. The highest BCUT2D eigenvalue weighted by Gasteiger charge is 2.22. The molecule has 26 heavy (non-hydrogen) atoms. The Balaban J connectivity index is 1.89. The van der Waals surface area contributed by atoms with E-state index in [1.54, 1.807) is 35.3 Å². The predicted molar refractivity (Wildman–Crippen MR) is 93.8 cm³/mol. The summed E-state index contributed by atoms with van der Waals surface area (Å²) in [5.41, 5.74) is 0.807. The molecule has 0 unspecified atom stereocenters. The second kappa shape index (κ2) is 6.20. The van der Waals surface area contributed by atoms with Gasteiger partial charge in [0, 0.05) is 36.5 Å². The lowest BCUT2D eigenvalue weighted by Gasteiger charge is -2.16. The van der Waals surface area contributed by atoms with Crippen molar-refractivity contribution in [1.82, 2.24) is 29.5 Å². The summed E-state index contributed by atoms with van der Waals surface area (Å²) in [4.78, 5) is 17.0. The van der Waals surface area contributed by atoms with Crippen LogP contribution in [0.4, 0.5) is 0 Å². The molecule has 3 heterocycles. The molecule has 3 aromatic rings. The molecule has 4 rings (SSSR count). The lowest BCUT2D eigenvalue weighted by Crippen LogP contribution is -2.27.